The van der Waals surface area contributed by atoms with Crippen LogP contribution in [0.4, 0.5) is 0 Å². The maximum Gasteiger partial charge on any atom is 0.221 e. The van der Waals surface area contributed by atoms with Gasteiger partial charge in [0.05, 0.1) is 0 Å². The summed E-state index contributed by atoms with van der Waals surface area (Å²) in [5.74, 6) is 0.173. The minimum absolute atomic E-state index is 0.173. The van der Waals surface area contributed by atoms with E-state index in [-0.39, 0.29) is 5.91 Å². The van der Waals surface area contributed by atoms with Crippen molar-refractivity contribution in [3.8, 4) is 0 Å². The molecule has 0 aromatic heterocycles. The fourth-order valence-corrected chi connectivity index (χ4v) is 1.68. The predicted octanol–water partition coefficient (Wildman–Crippen LogP) is -0.192. The molecule has 0 bridgehead atoms. The number of rotatable bonds is 6. The summed E-state index contributed by atoms with van der Waals surface area (Å²) >= 11 is 0. The monoisotopic (exact) mass is 199 g/mol. The number of likely N-dealkylation sites (tertiary alicyclic amines) is 1. The van der Waals surface area contributed by atoms with E-state index in [4.69, 9.17) is 0 Å². The fraction of sp³-hybridized carbons (Fsp3) is 0.900. The molecule has 1 aliphatic heterocycles. The first-order chi connectivity index (χ1) is 6.83. The van der Waals surface area contributed by atoms with Gasteiger partial charge in [0.25, 0.3) is 0 Å². The zero-order valence-electron chi connectivity index (χ0n) is 9.01. The molecule has 0 radical (unpaired) electrons. The van der Waals surface area contributed by atoms with Crippen molar-refractivity contribution in [3.05, 3.63) is 0 Å². The topological polar surface area (TPSA) is 44.4 Å². The molecule has 1 heterocycles. The average Bonchev–Trinajstić information content (AvgIpc) is 2.68. The van der Waals surface area contributed by atoms with Gasteiger partial charge in [0.15, 0.2) is 0 Å². The standard InChI is InChI=1S/C10H21N3O/c1-11-5-6-12-10(14)4-9-13-7-2-3-8-13/h11H,2-9H2,1H3,(H,12,14). The summed E-state index contributed by atoms with van der Waals surface area (Å²) in [5.41, 5.74) is 0. The molecule has 4 nitrogen and oxygen atoms in total. The van der Waals surface area contributed by atoms with Gasteiger partial charge in [-0.25, -0.2) is 0 Å². The van der Waals surface area contributed by atoms with Crippen molar-refractivity contribution in [2.24, 2.45) is 0 Å². The molecule has 0 atom stereocenters. The zero-order valence-corrected chi connectivity index (χ0v) is 9.01. The van der Waals surface area contributed by atoms with E-state index in [2.05, 4.69) is 15.5 Å². The van der Waals surface area contributed by atoms with Gasteiger partial charge in [0, 0.05) is 26.1 Å². The molecule has 1 amide bonds. The number of hydrogen-bond acceptors (Lipinski definition) is 3. The second-order valence-corrected chi connectivity index (χ2v) is 3.75. The van der Waals surface area contributed by atoms with E-state index < -0.39 is 0 Å². The Labute approximate surface area is 86.0 Å². The summed E-state index contributed by atoms with van der Waals surface area (Å²) in [7, 11) is 1.89. The maximum atomic E-state index is 11.3. The van der Waals surface area contributed by atoms with Crippen LogP contribution in [-0.2, 0) is 4.79 Å². The van der Waals surface area contributed by atoms with Gasteiger partial charge in [0.2, 0.25) is 5.91 Å². The van der Waals surface area contributed by atoms with Crippen LogP contribution in [0.3, 0.4) is 0 Å². The first-order valence-electron chi connectivity index (χ1n) is 5.46. The van der Waals surface area contributed by atoms with Crippen molar-refractivity contribution in [2.45, 2.75) is 19.3 Å². The number of carbonyl (C=O) groups excluding carboxylic acids is 1. The third-order valence-electron chi connectivity index (χ3n) is 2.55. The third-order valence-corrected chi connectivity index (χ3v) is 2.55. The smallest absolute Gasteiger partial charge is 0.221 e. The molecule has 0 aliphatic carbocycles. The Kier molecular flexibility index (Phi) is 5.56. The van der Waals surface area contributed by atoms with Crippen LogP contribution < -0.4 is 10.6 Å². The highest BCUT2D eigenvalue weighted by molar-refractivity contribution is 5.76. The summed E-state index contributed by atoms with van der Waals surface area (Å²) in [6.45, 7) is 4.84. The summed E-state index contributed by atoms with van der Waals surface area (Å²) in [6, 6.07) is 0. The Morgan fingerprint density at radius 1 is 1.29 bits per heavy atom. The van der Waals surface area contributed by atoms with E-state index in [0.717, 1.165) is 19.6 Å². The molecule has 0 aromatic rings. The largest absolute Gasteiger partial charge is 0.355 e. The molecule has 4 heteroatoms. The van der Waals surface area contributed by atoms with Crippen LogP contribution in [0.1, 0.15) is 19.3 Å². The normalized spacial score (nSPS) is 17.2. The van der Waals surface area contributed by atoms with E-state index in [0.29, 0.717) is 6.42 Å². The molecule has 2 N–H and O–H groups in total. The number of hydrogen-bond donors (Lipinski definition) is 2. The SMILES string of the molecule is CNCCNC(=O)CCN1CCCC1. The van der Waals surface area contributed by atoms with E-state index in [9.17, 15) is 4.79 Å². The molecule has 0 unspecified atom stereocenters. The van der Waals surface area contributed by atoms with Gasteiger partial charge in [-0.2, -0.15) is 0 Å². The lowest BCUT2D eigenvalue weighted by Gasteiger charge is -2.13. The predicted molar refractivity (Wildman–Crippen MR) is 57.2 cm³/mol. The summed E-state index contributed by atoms with van der Waals surface area (Å²) in [4.78, 5) is 13.7. The quantitative estimate of drug-likeness (QED) is 0.583. The van der Waals surface area contributed by atoms with Gasteiger partial charge in [0.1, 0.15) is 0 Å². The third kappa shape index (κ3) is 4.58. The van der Waals surface area contributed by atoms with Crippen molar-refractivity contribution >= 4 is 5.91 Å². The number of carbonyl (C=O) groups is 1. The molecule has 1 fully saturated rings. The zero-order chi connectivity index (χ0) is 10.2. The fourth-order valence-electron chi connectivity index (χ4n) is 1.68. The second-order valence-electron chi connectivity index (χ2n) is 3.75. The van der Waals surface area contributed by atoms with Crippen LogP contribution in [0.2, 0.25) is 0 Å². The molecule has 82 valence electrons. The first-order valence-corrected chi connectivity index (χ1v) is 5.46. The van der Waals surface area contributed by atoms with Crippen LogP contribution in [0.5, 0.6) is 0 Å². The molecule has 0 saturated carbocycles. The lowest BCUT2D eigenvalue weighted by atomic mass is 10.3. The van der Waals surface area contributed by atoms with Crippen molar-refractivity contribution < 1.29 is 4.79 Å². The molecule has 1 saturated heterocycles. The van der Waals surface area contributed by atoms with Crippen molar-refractivity contribution in [3.63, 3.8) is 0 Å². The van der Waals surface area contributed by atoms with Crippen LogP contribution in [-0.4, -0.2) is 50.6 Å². The van der Waals surface area contributed by atoms with Crippen LogP contribution >= 0.6 is 0 Å². The molecule has 0 spiro atoms. The second kappa shape index (κ2) is 6.79. The van der Waals surface area contributed by atoms with Gasteiger partial charge in [-0.15, -0.1) is 0 Å². The maximum absolute atomic E-state index is 11.3. The first kappa shape index (κ1) is 11.5. The van der Waals surface area contributed by atoms with E-state index in [1.807, 2.05) is 7.05 Å². The minimum atomic E-state index is 0.173. The number of nitrogens with zero attached hydrogens (tertiary/aromatic N) is 1. The van der Waals surface area contributed by atoms with E-state index in [1.54, 1.807) is 0 Å². The van der Waals surface area contributed by atoms with Crippen LogP contribution in [0.25, 0.3) is 0 Å². The van der Waals surface area contributed by atoms with Crippen molar-refractivity contribution in [2.75, 3.05) is 39.8 Å². The number of likely N-dealkylation sites (N-methyl/N-ethyl adjacent to an activating group) is 1. The summed E-state index contributed by atoms with van der Waals surface area (Å²) < 4.78 is 0. The molecule has 0 aromatic carbocycles. The summed E-state index contributed by atoms with van der Waals surface area (Å²) in [5, 5.41) is 5.87. The van der Waals surface area contributed by atoms with Gasteiger partial charge >= 0.3 is 0 Å². The van der Waals surface area contributed by atoms with Gasteiger partial charge < -0.3 is 15.5 Å². The lowest BCUT2D eigenvalue weighted by Crippen LogP contribution is -2.33. The van der Waals surface area contributed by atoms with Crippen molar-refractivity contribution in [1.29, 1.82) is 0 Å². The van der Waals surface area contributed by atoms with Gasteiger partial charge in [-0.05, 0) is 33.0 Å². The van der Waals surface area contributed by atoms with Crippen molar-refractivity contribution in [1.82, 2.24) is 15.5 Å². The Morgan fingerprint density at radius 3 is 2.64 bits per heavy atom. The molecular weight excluding hydrogens is 178 g/mol. The van der Waals surface area contributed by atoms with Gasteiger partial charge in [-0.1, -0.05) is 0 Å². The molecule has 14 heavy (non-hydrogen) atoms. The molecule has 1 rings (SSSR count). The summed E-state index contributed by atoms with van der Waals surface area (Å²) in [6.07, 6.45) is 3.23. The molecular formula is C10H21N3O. The Hall–Kier alpha value is -0.610. The Morgan fingerprint density at radius 2 is 2.00 bits per heavy atom. The van der Waals surface area contributed by atoms with Crippen LogP contribution in [0.15, 0.2) is 0 Å². The molecule has 1 aliphatic rings. The van der Waals surface area contributed by atoms with Gasteiger partial charge in [-0.3, -0.25) is 4.79 Å². The Balaban J connectivity index is 1.96. The van der Waals surface area contributed by atoms with E-state index in [1.165, 1.54) is 25.9 Å². The highest BCUT2D eigenvalue weighted by Gasteiger charge is 2.12. The van der Waals surface area contributed by atoms with E-state index >= 15 is 0 Å². The number of amides is 1. The van der Waals surface area contributed by atoms with Crippen LogP contribution in [0, 0.1) is 0 Å². The minimum Gasteiger partial charge on any atom is -0.355 e. The number of nitrogens with one attached hydrogen (secondary N) is 2. The highest BCUT2D eigenvalue weighted by atomic mass is 16.1. The lowest BCUT2D eigenvalue weighted by molar-refractivity contribution is -0.121. The average molecular weight is 199 g/mol. The highest BCUT2D eigenvalue weighted by Crippen LogP contribution is 2.06. The Bertz CT molecular complexity index is 167.